The predicted octanol–water partition coefficient (Wildman–Crippen LogP) is 3.96. The number of carbonyl (C=O) groups excluding carboxylic acids is 1. The van der Waals surface area contributed by atoms with Crippen molar-refractivity contribution >= 4 is 34.3 Å². The number of benzene rings is 1. The molecule has 6 nitrogen and oxygen atoms in total. The Kier molecular flexibility index (Phi) is 3.13. The molecule has 2 aliphatic rings. The molecular weight excluding hydrogens is 326 g/mol. The Hall–Kier alpha value is -1.89. The van der Waals surface area contributed by atoms with Crippen molar-refractivity contribution in [3.63, 3.8) is 0 Å². The molecule has 1 aromatic heterocycles. The lowest BCUT2D eigenvalue weighted by atomic mass is 9.71. The molecule has 2 aliphatic carbocycles. The summed E-state index contributed by atoms with van der Waals surface area (Å²) >= 11 is 1.48. The van der Waals surface area contributed by atoms with Gasteiger partial charge in [-0.05, 0) is 29.7 Å². The van der Waals surface area contributed by atoms with Crippen molar-refractivity contribution in [3.05, 3.63) is 28.3 Å². The second kappa shape index (κ2) is 4.81. The SMILES string of the molecule is CC1(C)[C@@H]2CC[C@]1(C)[C@H](Sc1nc3ccc([N+](=O)[O-])cc3[nH]1)C2=O. The molecule has 7 heteroatoms. The number of H-pyrrole nitrogens is 1. The Bertz CT molecular complexity index is 875. The van der Waals surface area contributed by atoms with E-state index in [0.29, 0.717) is 22.0 Å². The van der Waals surface area contributed by atoms with Crippen LogP contribution in [-0.4, -0.2) is 25.9 Å². The summed E-state index contributed by atoms with van der Waals surface area (Å²) in [6, 6.07) is 4.58. The highest BCUT2D eigenvalue weighted by Gasteiger charge is 2.66. The number of hydrogen-bond acceptors (Lipinski definition) is 5. The third kappa shape index (κ3) is 1.90. The summed E-state index contributed by atoms with van der Waals surface area (Å²) in [7, 11) is 0. The third-order valence-corrected chi connectivity index (χ3v) is 7.76. The normalized spacial score (nSPS) is 31.0. The summed E-state index contributed by atoms with van der Waals surface area (Å²) in [4.78, 5) is 30.9. The zero-order valence-corrected chi connectivity index (χ0v) is 14.6. The van der Waals surface area contributed by atoms with Gasteiger partial charge in [-0.15, -0.1) is 0 Å². The number of hydrogen-bond donors (Lipinski definition) is 1. The van der Waals surface area contributed by atoms with Crippen LogP contribution in [0.2, 0.25) is 0 Å². The minimum Gasteiger partial charge on any atom is -0.333 e. The van der Waals surface area contributed by atoms with Gasteiger partial charge in [-0.1, -0.05) is 32.5 Å². The minimum atomic E-state index is -0.421. The second-order valence-electron chi connectivity index (χ2n) is 7.63. The molecule has 126 valence electrons. The number of aromatic amines is 1. The highest BCUT2D eigenvalue weighted by molar-refractivity contribution is 8.00. The highest BCUT2D eigenvalue weighted by Crippen LogP contribution is 2.67. The number of nitrogens with one attached hydrogen (secondary N) is 1. The first-order valence-corrected chi connectivity index (χ1v) is 8.96. The number of imidazole rings is 1. The van der Waals surface area contributed by atoms with E-state index in [-0.39, 0.29) is 27.7 Å². The summed E-state index contributed by atoms with van der Waals surface area (Å²) in [5, 5.41) is 11.4. The summed E-state index contributed by atoms with van der Waals surface area (Å²) in [6.07, 6.45) is 2.03. The third-order valence-electron chi connectivity index (χ3n) is 6.36. The van der Waals surface area contributed by atoms with Crippen LogP contribution in [0.5, 0.6) is 0 Å². The van der Waals surface area contributed by atoms with Crippen molar-refractivity contribution in [1.82, 2.24) is 9.97 Å². The van der Waals surface area contributed by atoms with E-state index in [1.807, 2.05) is 0 Å². The number of fused-ring (bicyclic) bond motifs is 3. The van der Waals surface area contributed by atoms with Crippen molar-refractivity contribution in [2.75, 3.05) is 0 Å². The van der Waals surface area contributed by atoms with Crippen LogP contribution in [0.1, 0.15) is 33.6 Å². The summed E-state index contributed by atoms with van der Waals surface area (Å²) in [5.74, 6) is 0.454. The van der Waals surface area contributed by atoms with Gasteiger partial charge in [0.05, 0.1) is 21.2 Å². The molecule has 0 radical (unpaired) electrons. The standard InChI is InChI=1S/C17H19N3O3S/c1-16(2)10-6-7-17(16,3)14(13(10)21)24-15-18-11-5-4-9(20(22)23)8-12(11)19-15/h4-5,8,10,14H,6-7H2,1-3H3,(H,18,19)/t10-,14-,17-/m1/s1. The molecule has 0 amide bonds. The van der Waals surface area contributed by atoms with Gasteiger partial charge in [0.15, 0.2) is 5.16 Å². The molecule has 2 aromatic rings. The van der Waals surface area contributed by atoms with E-state index in [1.54, 1.807) is 6.07 Å². The maximum absolute atomic E-state index is 12.8. The Labute approximate surface area is 143 Å². The number of rotatable bonds is 3. The van der Waals surface area contributed by atoms with E-state index >= 15 is 0 Å². The summed E-state index contributed by atoms with van der Waals surface area (Å²) in [5.41, 5.74) is 1.32. The number of Topliss-reactive ketones (excluding diaryl/α,β-unsaturated/α-hetero) is 1. The number of nitrogens with zero attached hydrogens (tertiary/aromatic N) is 2. The number of nitro groups is 1. The number of carbonyl (C=O) groups is 1. The van der Waals surface area contributed by atoms with Crippen molar-refractivity contribution in [2.45, 2.75) is 44.0 Å². The fourth-order valence-corrected chi connectivity index (χ4v) is 5.94. The first-order valence-electron chi connectivity index (χ1n) is 8.08. The van der Waals surface area contributed by atoms with Gasteiger partial charge in [0.25, 0.3) is 5.69 Å². The topological polar surface area (TPSA) is 88.9 Å². The van der Waals surface area contributed by atoms with Crippen LogP contribution in [0, 0.1) is 26.9 Å². The fourth-order valence-electron chi connectivity index (χ4n) is 4.43. The number of aromatic nitrogens is 2. The Morgan fingerprint density at radius 3 is 2.75 bits per heavy atom. The van der Waals surface area contributed by atoms with Gasteiger partial charge < -0.3 is 4.98 Å². The quantitative estimate of drug-likeness (QED) is 0.672. The number of thioether (sulfide) groups is 1. The van der Waals surface area contributed by atoms with Gasteiger partial charge in [0.2, 0.25) is 0 Å². The van der Waals surface area contributed by atoms with Crippen LogP contribution in [0.15, 0.2) is 23.4 Å². The van der Waals surface area contributed by atoms with E-state index in [2.05, 4.69) is 30.7 Å². The monoisotopic (exact) mass is 345 g/mol. The molecule has 2 saturated carbocycles. The number of non-ortho nitro benzene ring substituents is 1. The molecule has 3 atom stereocenters. The second-order valence-corrected chi connectivity index (χ2v) is 8.72. The Morgan fingerprint density at radius 2 is 2.12 bits per heavy atom. The van der Waals surface area contributed by atoms with E-state index in [0.717, 1.165) is 12.8 Å². The molecule has 1 N–H and O–H groups in total. The van der Waals surface area contributed by atoms with Gasteiger partial charge in [0.1, 0.15) is 5.78 Å². The van der Waals surface area contributed by atoms with Crippen LogP contribution in [-0.2, 0) is 4.79 Å². The average molecular weight is 345 g/mol. The molecule has 1 heterocycles. The Balaban J connectivity index is 1.68. The van der Waals surface area contributed by atoms with Crippen molar-refractivity contribution in [3.8, 4) is 0 Å². The van der Waals surface area contributed by atoms with Crippen LogP contribution < -0.4 is 0 Å². The highest BCUT2D eigenvalue weighted by atomic mass is 32.2. The van der Waals surface area contributed by atoms with Crippen molar-refractivity contribution < 1.29 is 9.72 Å². The predicted molar refractivity (Wildman–Crippen MR) is 92.0 cm³/mol. The van der Waals surface area contributed by atoms with Crippen LogP contribution in [0.3, 0.4) is 0 Å². The number of nitro benzene ring substituents is 1. The Morgan fingerprint density at radius 1 is 1.38 bits per heavy atom. The lowest BCUT2D eigenvalue weighted by molar-refractivity contribution is -0.384. The van der Waals surface area contributed by atoms with Gasteiger partial charge >= 0.3 is 0 Å². The summed E-state index contributed by atoms with van der Waals surface area (Å²) in [6.45, 7) is 6.61. The van der Waals surface area contributed by atoms with Crippen LogP contribution in [0.25, 0.3) is 11.0 Å². The molecular formula is C17H19N3O3S. The first kappa shape index (κ1) is 15.6. The van der Waals surface area contributed by atoms with Crippen molar-refractivity contribution in [1.29, 1.82) is 0 Å². The molecule has 0 aliphatic heterocycles. The van der Waals surface area contributed by atoms with Gasteiger partial charge in [-0.3, -0.25) is 14.9 Å². The van der Waals surface area contributed by atoms with Gasteiger partial charge in [-0.25, -0.2) is 4.98 Å². The van der Waals surface area contributed by atoms with E-state index in [1.165, 1.54) is 23.9 Å². The fraction of sp³-hybridized carbons (Fsp3) is 0.529. The zero-order chi connectivity index (χ0) is 17.3. The molecule has 4 rings (SSSR count). The van der Waals surface area contributed by atoms with Crippen LogP contribution in [0.4, 0.5) is 5.69 Å². The molecule has 1 aromatic carbocycles. The van der Waals surface area contributed by atoms with Gasteiger partial charge in [0, 0.05) is 18.1 Å². The first-order chi connectivity index (χ1) is 11.2. The maximum atomic E-state index is 12.8. The van der Waals surface area contributed by atoms with E-state index in [4.69, 9.17) is 0 Å². The van der Waals surface area contributed by atoms with Gasteiger partial charge in [-0.2, -0.15) is 0 Å². The van der Waals surface area contributed by atoms with E-state index in [9.17, 15) is 14.9 Å². The minimum absolute atomic E-state index is 0.00650. The molecule has 2 bridgehead atoms. The average Bonchev–Trinajstić information content (AvgIpc) is 3.05. The maximum Gasteiger partial charge on any atom is 0.271 e. The lowest BCUT2D eigenvalue weighted by Gasteiger charge is -2.37. The van der Waals surface area contributed by atoms with E-state index < -0.39 is 4.92 Å². The van der Waals surface area contributed by atoms with Crippen LogP contribution >= 0.6 is 11.8 Å². The molecule has 0 unspecified atom stereocenters. The zero-order valence-electron chi connectivity index (χ0n) is 13.8. The molecule has 0 spiro atoms. The number of ketones is 1. The van der Waals surface area contributed by atoms with Crippen molar-refractivity contribution in [2.24, 2.45) is 16.7 Å². The largest absolute Gasteiger partial charge is 0.333 e. The molecule has 0 saturated heterocycles. The lowest BCUT2D eigenvalue weighted by Crippen LogP contribution is -2.35. The molecule has 24 heavy (non-hydrogen) atoms. The smallest absolute Gasteiger partial charge is 0.271 e. The molecule has 2 fully saturated rings. The summed E-state index contributed by atoms with van der Waals surface area (Å²) < 4.78 is 0.